The van der Waals surface area contributed by atoms with E-state index in [4.69, 9.17) is 5.11 Å². The van der Waals surface area contributed by atoms with Crippen LogP contribution in [0.15, 0.2) is 0 Å². The average molecular weight is 166 g/mol. The second-order valence-corrected chi connectivity index (χ2v) is 3.25. The molecule has 0 spiro atoms. The molecule has 0 amide bonds. The fourth-order valence-corrected chi connectivity index (χ4v) is 0.955. The van der Waals surface area contributed by atoms with Crippen LogP contribution in [0, 0.1) is 17.8 Å². The minimum atomic E-state index is -0.723. The molecular formula is C10H14O2. The van der Waals surface area contributed by atoms with Gasteiger partial charge in [-0.15, -0.1) is 11.8 Å². The van der Waals surface area contributed by atoms with E-state index >= 15 is 0 Å². The van der Waals surface area contributed by atoms with Gasteiger partial charge >= 0.3 is 5.97 Å². The van der Waals surface area contributed by atoms with Gasteiger partial charge in [-0.25, -0.2) is 0 Å². The van der Waals surface area contributed by atoms with E-state index in [0.717, 1.165) is 18.8 Å². The van der Waals surface area contributed by atoms with Crippen molar-refractivity contribution in [3.05, 3.63) is 0 Å². The molecule has 1 saturated carbocycles. The highest BCUT2D eigenvalue weighted by Gasteiger charge is 2.19. The quantitative estimate of drug-likeness (QED) is 0.512. The summed E-state index contributed by atoms with van der Waals surface area (Å²) >= 11 is 0. The van der Waals surface area contributed by atoms with E-state index in [1.807, 2.05) is 0 Å². The van der Waals surface area contributed by atoms with Crippen molar-refractivity contribution in [2.24, 2.45) is 5.92 Å². The number of unbranched alkanes of at least 4 members (excludes halogenated alkanes) is 1. The van der Waals surface area contributed by atoms with Gasteiger partial charge in [0.1, 0.15) is 0 Å². The van der Waals surface area contributed by atoms with Crippen molar-refractivity contribution in [1.82, 2.24) is 0 Å². The molecule has 0 aliphatic heterocycles. The van der Waals surface area contributed by atoms with Crippen LogP contribution in [0.3, 0.4) is 0 Å². The highest BCUT2D eigenvalue weighted by molar-refractivity contribution is 5.66. The van der Waals surface area contributed by atoms with Crippen LogP contribution in [-0.2, 0) is 4.79 Å². The van der Waals surface area contributed by atoms with Crippen LogP contribution in [0.25, 0.3) is 0 Å². The van der Waals surface area contributed by atoms with Gasteiger partial charge in [0.15, 0.2) is 0 Å². The maximum absolute atomic E-state index is 10.1. The molecule has 0 aromatic carbocycles. The van der Waals surface area contributed by atoms with Gasteiger partial charge in [0.2, 0.25) is 0 Å². The summed E-state index contributed by atoms with van der Waals surface area (Å²) in [7, 11) is 0. The molecule has 0 atom stereocenters. The normalized spacial score (nSPS) is 15.0. The second-order valence-electron chi connectivity index (χ2n) is 3.25. The van der Waals surface area contributed by atoms with Crippen LogP contribution in [-0.4, -0.2) is 11.1 Å². The van der Waals surface area contributed by atoms with Crippen LogP contribution in [0.1, 0.15) is 38.5 Å². The summed E-state index contributed by atoms with van der Waals surface area (Å²) in [5.74, 6) is 6.21. The van der Waals surface area contributed by atoms with E-state index < -0.39 is 5.97 Å². The molecule has 0 unspecified atom stereocenters. The summed E-state index contributed by atoms with van der Waals surface area (Å²) in [5, 5.41) is 8.32. The Morgan fingerprint density at radius 1 is 1.42 bits per heavy atom. The van der Waals surface area contributed by atoms with Gasteiger partial charge in [-0.3, -0.25) is 4.79 Å². The first-order valence-electron chi connectivity index (χ1n) is 4.46. The van der Waals surface area contributed by atoms with Crippen molar-refractivity contribution in [3.63, 3.8) is 0 Å². The van der Waals surface area contributed by atoms with Gasteiger partial charge < -0.3 is 5.11 Å². The zero-order chi connectivity index (χ0) is 8.81. The highest BCUT2D eigenvalue weighted by atomic mass is 16.4. The standard InChI is InChI=1S/C10H14O2/c11-10(12)6-4-2-1-3-5-9-7-8-9/h9H,2,4-8H2,(H,11,12). The van der Waals surface area contributed by atoms with Crippen molar-refractivity contribution in [3.8, 4) is 11.8 Å². The molecule has 1 rings (SSSR count). The largest absolute Gasteiger partial charge is 0.481 e. The van der Waals surface area contributed by atoms with Crippen molar-refractivity contribution in [1.29, 1.82) is 0 Å². The molecule has 2 heteroatoms. The third-order valence-corrected chi connectivity index (χ3v) is 1.91. The number of aliphatic carboxylic acids is 1. The molecule has 1 aliphatic carbocycles. The third-order valence-electron chi connectivity index (χ3n) is 1.91. The van der Waals surface area contributed by atoms with Gasteiger partial charge in [0, 0.05) is 19.3 Å². The molecule has 0 aromatic rings. The lowest BCUT2D eigenvalue weighted by Crippen LogP contribution is -1.92. The molecule has 1 N–H and O–H groups in total. The highest BCUT2D eigenvalue weighted by Crippen LogP contribution is 2.31. The predicted octanol–water partition coefficient (Wildman–Crippen LogP) is 2.04. The Labute approximate surface area is 73.0 Å². The Bertz CT molecular complexity index is 206. The van der Waals surface area contributed by atoms with Gasteiger partial charge in [-0.1, -0.05) is 0 Å². The van der Waals surface area contributed by atoms with E-state index in [2.05, 4.69) is 11.8 Å². The number of hydrogen-bond acceptors (Lipinski definition) is 1. The SMILES string of the molecule is O=C(O)CCCC#CCC1CC1. The molecule has 1 fully saturated rings. The first-order chi connectivity index (χ1) is 5.79. The van der Waals surface area contributed by atoms with E-state index in [9.17, 15) is 4.79 Å². The van der Waals surface area contributed by atoms with Gasteiger partial charge in [0.25, 0.3) is 0 Å². The number of rotatable bonds is 4. The summed E-state index contributed by atoms with van der Waals surface area (Å²) in [6.45, 7) is 0. The fraction of sp³-hybridized carbons (Fsp3) is 0.700. The molecule has 66 valence electrons. The zero-order valence-electron chi connectivity index (χ0n) is 7.18. The second kappa shape index (κ2) is 4.82. The lowest BCUT2D eigenvalue weighted by Gasteiger charge is -1.87. The average Bonchev–Trinajstić information content (AvgIpc) is 2.79. The first-order valence-corrected chi connectivity index (χ1v) is 4.46. The minimum absolute atomic E-state index is 0.248. The first kappa shape index (κ1) is 9.12. The monoisotopic (exact) mass is 166 g/mol. The Morgan fingerprint density at radius 3 is 2.75 bits per heavy atom. The summed E-state index contributed by atoms with van der Waals surface area (Å²) in [6, 6.07) is 0. The van der Waals surface area contributed by atoms with Crippen LogP contribution < -0.4 is 0 Å². The molecule has 0 aromatic heterocycles. The van der Waals surface area contributed by atoms with Crippen LogP contribution in [0.2, 0.25) is 0 Å². The molecule has 2 nitrogen and oxygen atoms in total. The number of carbonyl (C=O) groups is 1. The molecule has 12 heavy (non-hydrogen) atoms. The Kier molecular flexibility index (Phi) is 3.66. The summed E-state index contributed by atoms with van der Waals surface area (Å²) < 4.78 is 0. The summed E-state index contributed by atoms with van der Waals surface area (Å²) in [6.07, 6.45) is 5.37. The maximum atomic E-state index is 10.1. The van der Waals surface area contributed by atoms with Gasteiger partial charge in [-0.05, 0) is 25.2 Å². The van der Waals surface area contributed by atoms with Crippen LogP contribution >= 0.6 is 0 Å². The molecule has 0 saturated heterocycles. The number of hydrogen-bond donors (Lipinski definition) is 1. The fourth-order valence-electron chi connectivity index (χ4n) is 0.955. The molecule has 0 heterocycles. The number of carboxylic acid groups (broad SMARTS) is 1. The summed E-state index contributed by atoms with van der Waals surface area (Å²) in [5.41, 5.74) is 0. The van der Waals surface area contributed by atoms with E-state index in [1.165, 1.54) is 12.8 Å². The zero-order valence-corrected chi connectivity index (χ0v) is 7.18. The smallest absolute Gasteiger partial charge is 0.303 e. The lowest BCUT2D eigenvalue weighted by molar-refractivity contribution is -0.137. The summed E-state index contributed by atoms with van der Waals surface area (Å²) in [4.78, 5) is 10.1. The van der Waals surface area contributed by atoms with E-state index in [1.54, 1.807) is 0 Å². The topological polar surface area (TPSA) is 37.3 Å². The predicted molar refractivity (Wildman–Crippen MR) is 46.6 cm³/mol. The van der Waals surface area contributed by atoms with Crippen molar-refractivity contribution < 1.29 is 9.90 Å². The molecular weight excluding hydrogens is 152 g/mol. The van der Waals surface area contributed by atoms with E-state index in [0.29, 0.717) is 6.42 Å². The Hall–Kier alpha value is -0.970. The third kappa shape index (κ3) is 4.79. The van der Waals surface area contributed by atoms with Crippen LogP contribution in [0.4, 0.5) is 0 Å². The van der Waals surface area contributed by atoms with Gasteiger partial charge in [0.05, 0.1) is 0 Å². The van der Waals surface area contributed by atoms with Crippen molar-refractivity contribution >= 4 is 5.97 Å². The van der Waals surface area contributed by atoms with Crippen LogP contribution in [0.5, 0.6) is 0 Å². The molecule has 0 radical (unpaired) electrons. The Morgan fingerprint density at radius 2 is 2.17 bits per heavy atom. The van der Waals surface area contributed by atoms with E-state index in [-0.39, 0.29) is 6.42 Å². The van der Waals surface area contributed by atoms with Crippen molar-refractivity contribution in [2.45, 2.75) is 38.5 Å². The minimum Gasteiger partial charge on any atom is -0.481 e. The van der Waals surface area contributed by atoms with Crippen molar-refractivity contribution in [2.75, 3.05) is 0 Å². The molecule has 0 bridgehead atoms. The number of carboxylic acids is 1. The maximum Gasteiger partial charge on any atom is 0.303 e. The lowest BCUT2D eigenvalue weighted by atomic mass is 10.2. The Balaban J connectivity index is 1.91. The molecule has 1 aliphatic rings. The van der Waals surface area contributed by atoms with Gasteiger partial charge in [-0.2, -0.15) is 0 Å².